The lowest BCUT2D eigenvalue weighted by molar-refractivity contribution is -0.139. The van der Waals surface area contributed by atoms with E-state index in [1.807, 2.05) is 0 Å². The van der Waals surface area contributed by atoms with Crippen LogP contribution in [0.5, 0.6) is 5.75 Å². The Morgan fingerprint density at radius 1 is 1.12 bits per heavy atom. The lowest BCUT2D eigenvalue weighted by Gasteiger charge is -2.19. The number of carboxylic acids is 1. The molecule has 0 saturated carbocycles. The highest BCUT2D eigenvalue weighted by Crippen LogP contribution is 2.25. The van der Waals surface area contributed by atoms with Crippen LogP contribution in [-0.4, -0.2) is 42.1 Å². The molecule has 0 bridgehead atoms. The predicted octanol–water partition coefficient (Wildman–Crippen LogP) is 3.22. The van der Waals surface area contributed by atoms with Crippen molar-refractivity contribution in [3.05, 3.63) is 64.5 Å². The number of carbonyl (C=O) groups is 2. The minimum absolute atomic E-state index is 0.136. The SMILES string of the molecule is Cc1cc(C(=O)N(C)CCc2ccc(F)cc2)cc(C)c1OCC(=O)O. The van der Waals surface area contributed by atoms with E-state index in [0.717, 1.165) is 5.56 Å². The highest BCUT2D eigenvalue weighted by Gasteiger charge is 2.16. The summed E-state index contributed by atoms with van der Waals surface area (Å²) < 4.78 is 18.2. The van der Waals surface area contributed by atoms with Gasteiger partial charge in [-0.05, 0) is 61.2 Å². The zero-order chi connectivity index (χ0) is 19.3. The van der Waals surface area contributed by atoms with Crippen LogP contribution >= 0.6 is 0 Å². The molecule has 1 N–H and O–H groups in total. The van der Waals surface area contributed by atoms with Crippen LogP contribution in [0.2, 0.25) is 0 Å². The first-order valence-corrected chi connectivity index (χ1v) is 8.23. The smallest absolute Gasteiger partial charge is 0.341 e. The van der Waals surface area contributed by atoms with Crippen molar-refractivity contribution < 1.29 is 23.8 Å². The predicted molar refractivity (Wildman–Crippen MR) is 96.1 cm³/mol. The summed E-state index contributed by atoms with van der Waals surface area (Å²) in [5.74, 6) is -0.986. The number of carbonyl (C=O) groups excluding carboxylic acids is 1. The molecular formula is C20H22FNO4. The molecule has 5 nitrogen and oxygen atoms in total. The van der Waals surface area contributed by atoms with Gasteiger partial charge in [0.15, 0.2) is 6.61 Å². The van der Waals surface area contributed by atoms with Gasteiger partial charge in [-0.3, -0.25) is 4.79 Å². The first-order valence-electron chi connectivity index (χ1n) is 8.23. The zero-order valence-corrected chi connectivity index (χ0v) is 15.1. The number of hydrogen-bond acceptors (Lipinski definition) is 3. The fourth-order valence-electron chi connectivity index (χ4n) is 2.71. The number of amides is 1. The normalized spacial score (nSPS) is 10.5. The van der Waals surface area contributed by atoms with E-state index in [9.17, 15) is 14.0 Å². The Bertz CT molecular complexity index is 779. The highest BCUT2D eigenvalue weighted by atomic mass is 19.1. The number of ether oxygens (including phenoxy) is 1. The van der Waals surface area contributed by atoms with Gasteiger partial charge in [-0.25, -0.2) is 9.18 Å². The van der Waals surface area contributed by atoms with Gasteiger partial charge in [0.2, 0.25) is 0 Å². The van der Waals surface area contributed by atoms with Crippen LogP contribution in [0, 0.1) is 19.7 Å². The number of halogens is 1. The van der Waals surface area contributed by atoms with Gasteiger partial charge in [-0.2, -0.15) is 0 Å². The molecule has 0 aliphatic carbocycles. The second-order valence-corrected chi connectivity index (χ2v) is 6.22. The number of nitrogens with zero attached hydrogens (tertiary/aromatic N) is 1. The Labute approximate surface area is 152 Å². The maximum absolute atomic E-state index is 12.9. The van der Waals surface area contributed by atoms with Gasteiger partial charge in [-0.15, -0.1) is 0 Å². The van der Waals surface area contributed by atoms with Gasteiger partial charge in [0.1, 0.15) is 11.6 Å². The van der Waals surface area contributed by atoms with Crippen LogP contribution in [0.1, 0.15) is 27.0 Å². The molecule has 6 heteroatoms. The van der Waals surface area contributed by atoms with Gasteiger partial charge >= 0.3 is 5.97 Å². The molecule has 0 saturated heterocycles. The number of aryl methyl sites for hydroxylation is 2. The molecule has 0 aliphatic rings. The van der Waals surface area contributed by atoms with E-state index in [2.05, 4.69) is 0 Å². The number of benzene rings is 2. The maximum Gasteiger partial charge on any atom is 0.341 e. The average molecular weight is 359 g/mol. The topological polar surface area (TPSA) is 66.8 Å². The van der Waals surface area contributed by atoms with Gasteiger partial charge in [0, 0.05) is 19.2 Å². The van der Waals surface area contributed by atoms with E-state index < -0.39 is 12.6 Å². The van der Waals surface area contributed by atoms with Crippen LogP contribution in [0.25, 0.3) is 0 Å². The zero-order valence-electron chi connectivity index (χ0n) is 15.1. The van der Waals surface area contributed by atoms with Crippen LogP contribution in [0.15, 0.2) is 36.4 Å². The molecule has 0 aliphatic heterocycles. The third-order valence-electron chi connectivity index (χ3n) is 4.04. The lowest BCUT2D eigenvalue weighted by Crippen LogP contribution is -2.29. The van der Waals surface area contributed by atoms with Crippen LogP contribution in [0.3, 0.4) is 0 Å². The van der Waals surface area contributed by atoms with Crippen molar-refractivity contribution in [3.63, 3.8) is 0 Å². The summed E-state index contributed by atoms with van der Waals surface area (Å²) >= 11 is 0. The molecule has 0 heterocycles. The third-order valence-corrected chi connectivity index (χ3v) is 4.04. The summed E-state index contributed by atoms with van der Waals surface area (Å²) in [5.41, 5.74) is 2.89. The Kier molecular flexibility index (Phi) is 6.33. The Morgan fingerprint density at radius 2 is 1.69 bits per heavy atom. The van der Waals surface area contributed by atoms with Crippen molar-refractivity contribution in [1.82, 2.24) is 4.90 Å². The van der Waals surface area contributed by atoms with Gasteiger partial charge in [0.05, 0.1) is 0 Å². The Hall–Kier alpha value is -2.89. The van der Waals surface area contributed by atoms with E-state index in [0.29, 0.717) is 35.4 Å². The van der Waals surface area contributed by atoms with Gasteiger partial charge in [0.25, 0.3) is 5.91 Å². The molecule has 0 aromatic heterocycles. The number of hydrogen-bond donors (Lipinski definition) is 1. The molecule has 0 unspecified atom stereocenters. The van der Waals surface area contributed by atoms with E-state index in [4.69, 9.17) is 9.84 Å². The molecule has 138 valence electrons. The maximum atomic E-state index is 12.9. The van der Waals surface area contributed by atoms with Gasteiger partial charge in [-0.1, -0.05) is 12.1 Å². The summed E-state index contributed by atoms with van der Waals surface area (Å²) in [4.78, 5) is 24.9. The summed E-state index contributed by atoms with van der Waals surface area (Å²) in [7, 11) is 1.71. The summed E-state index contributed by atoms with van der Waals surface area (Å²) in [6.45, 7) is 3.63. The molecule has 26 heavy (non-hydrogen) atoms. The van der Waals surface area contributed by atoms with E-state index >= 15 is 0 Å². The van der Waals surface area contributed by atoms with E-state index in [1.54, 1.807) is 50.1 Å². The van der Waals surface area contributed by atoms with E-state index in [-0.39, 0.29) is 11.7 Å². The van der Waals surface area contributed by atoms with Crippen molar-refractivity contribution in [1.29, 1.82) is 0 Å². The van der Waals surface area contributed by atoms with Crippen LogP contribution in [0.4, 0.5) is 4.39 Å². The summed E-state index contributed by atoms with van der Waals surface area (Å²) in [6.07, 6.45) is 0.625. The van der Waals surface area contributed by atoms with Crippen molar-refractivity contribution in [2.75, 3.05) is 20.2 Å². The number of likely N-dealkylation sites (N-methyl/N-ethyl adjacent to an activating group) is 1. The molecular weight excluding hydrogens is 337 g/mol. The van der Waals surface area contributed by atoms with Crippen LogP contribution < -0.4 is 4.74 Å². The standard InChI is InChI=1S/C20H22FNO4/c1-13-10-16(11-14(2)19(13)26-12-18(23)24)20(25)22(3)9-8-15-4-6-17(21)7-5-15/h4-7,10-11H,8-9,12H2,1-3H3,(H,23,24). The molecule has 2 aromatic rings. The molecule has 1 amide bonds. The fraction of sp³-hybridized carbons (Fsp3) is 0.300. The Morgan fingerprint density at radius 3 is 2.23 bits per heavy atom. The number of rotatable bonds is 7. The third kappa shape index (κ3) is 5.05. The van der Waals surface area contributed by atoms with Crippen molar-refractivity contribution in [2.45, 2.75) is 20.3 Å². The quantitative estimate of drug-likeness (QED) is 0.824. The summed E-state index contributed by atoms with van der Waals surface area (Å²) in [5, 5.41) is 8.73. The second kappa shape index (κ2) is 8.47. The second-order valence-electron chi connectivity index (χ2n) is 6.22. The molecule has 0 fully saturated rings. The molecule has 0 radical (unpaired) electrons. The molecule has 2 rings (SSSR count). The monoisotopic (exact) mass is 359 g/mol. The lowest BCUT2D eigenvalue weighted by atomic mass is 10.0. The van der Waals surface area contributed by atoms with Crippen molar-refractivity contribution in [3.8, 4) is 5.75 Å². The van der Waals surface area contributed by atoms with Crippen LogP contribution in [-0.2, 0) is 11.2 Å². The van der Waals surface area contributed by atoms with Crippen molar-refractivity contribution in [2.24, 2.45) is 0 Å². The minimum Gasteiger partial charge on any atom is -0.481 e. The average Bonchev–Trinajstić information content (AvgIpc) is 2.59. The fourth-order valence-corrected chi connectivity index (χ4v) is 2.71. The molecule has 0 atom stereocenters. The van der Waals surface area contributed by atoms with Gasteiger partial charge < -0.3 is 14.7 Å². The first kappa shape index (κ1) is 19.4. The van der Waals surface area contributed by atoms with Crippen molar-refractivity contribution >= 4 is 11.9 Å². The number of carboxylic acid groups (broad SMARTS) is 1. The Balaban J connectivity index is 2.05. The first-order chi connectivity index (χ1) is 12.3. The number of aliphatic carboxylic acids is 1. The largest absolute Gasteiger partial charge is 0.481 e. The highest BCUT2D eigenvalue weighted by molar-refractivity contribution is 5.94. The molecule has 0 spiro atoms. The minimum atomic E-state index is -1.05. The summed E-state index contributed by atoms with van der Waals surface area (Å²) in [6, 6.07) is 9.61. The molecule has 2 aromatic carbocycles. The van der Waals surface area contributed by atoms with E-state index in [1.165, 1.54) is 12.1 Å².